The minimum atomic E-state index is -0.471. The highest BCUT2D eigenvalue weighted by molar-refractivity contribution is 5.88. The Bertz CT molecular complexity index is 606. The highest BCUT2D eigenvalue weighted by atomic mass is 16.6. The average molecular weight is 246 g/mol. The second-order valence-corrected chi connectivity index (χ2v) is 3.63. The van der Waals surface area contributed by atoms with Gasteiger partial charge in [-0.15, -0.1) is 0 Å². The van der Waals surface area contributed by atoms with Gasteiger partial charge in [0.05, 0.1) is 28.7 Å². The molecule has 0 bridgehead atoms. The lowest BCUT2D eigenvalue weighted by molar-refractivity contribution is -0.384. The number of benzene rings is 1. The van der Waals surface area contributed by atoms with Crippen molar-refractivity contribution in [2.24, 2.45) is 0 Å². The zero-order valence-corrected chi connectivity index (χ0v) is 9.53. The van der Waals surface area contributed by atoms with Crippen LogP contribution >= 0.6 is 0 Å². The normalized spacial score (nSPS) is 10.1. The molecule has 1 heterocycles. The Labute approximate surface area is 102 Å². The summed E-state index contributed by atoms with van der Waals surface area (Å²) in [7, 11) is 0. The van der Waals surface area contributed by atoms with E-state index in [-0.39, 0.29) is 11.6 Å². The maximum absolute atomic E-state index is 10.9. The van der Waals surface area contributed by atoms with Crippen molar-refractivity contribution in [3.63, 3.8) is 0 Å². The molecule has 1 aromatic heterocycles. The first-order chi connectivity index (χ1) is 8.56. The predicted octanol–water partition coefficient (Wildman–Crippen LogP) is 1.74. The zero-order valence-electron chi connectivity index (χ0n) is 9.53. The van der Waals surface area contributed by atoms with Crippen LogP contribution in [-0.4, -0.2) is 20.6 Å². The zero-order chi connectivity index (χ0) is 13.1. The summed E-state index contributed by atoms with van der Waals surface area (Å²) in [6.07, 6.45) is 3.06. The summed E-state index contributed by atoms with van der Waals surface area (Å²) in [5.74, 6) is -0.200. The maximum Gasteiger partial charge on any atom is 0.271 e. The standard InChI is InChI=1S/C11H10N4O3/c1-8(16)13-9-6-12-14(7-9)10-3-2-4-11(5-10)15(17)18/h2-7H,1H3,(H,13,16). The van der Waals surface area contributed by atoms with Crippen molar-refractivity contribution in [2.45, 2.75) is 6.92 Å². The topological polar surface area (TPSA) is 90.1 Å². The SMILES string of the molecule is CC(=O)Nc1cnn(-c2cccc([N+](=O)[O-])c2)c1. The Morgan fingerprint density at radius 1 is 1.50 bits per heavy atom. The summed E-state index contributed by atoms with van der Waals surface area (Å²) in [5.41, 5.74) is 1.08. The van der Waals surface area contributed by atoms with Gasteiger partial charge in [0, 0.05) is 19.1 Å². The Morgan fingerprint density at radius 2 is 2.28 bits per heavy atom. The number of carbonyl (C=O) groups is 1. The lowest BCUT2D eigenvalue weighted by Crippen LogP contribution is -2.04. The van der Waals surface area contributed by atoms with Crippen LogP contribution in [0.2, 0.25) is 0 Å². The van der Waals surface area contributed by atoms with Crippen LogP contribution in [-0.2, 0) is 4.79 Å². The molecule has 2 rings (SSSR count). The van der Waals surface area contributed by atoms with Gasteiger partial charge in [0.2, 0.25) is 5.91 Å². The number of nitrogens with one attached hydrogen (secondary N) is 1. The molecule has 0 spiro atoms. The van der Waals surface area contributed by atoms with Crippen LogP contribution in [0.1, 0.15) is 6.92 Å². The number of hydrogen-bond donors (Lipinski definition) is 1. The molecule has 2 aromatic rings. The van der Waals surface area contributed by atoms with Gasteiger partial charge in [-0.2, -0.15) is 5.10 Å². The van der Waals surface area contributed by atoms with Crippen LogP contribution in [0.15, 0.2) is 36.7 Å². The number of anilines is 1. The Morgan fingerprint density at radius 3 is 2.94 bits per heavy atom. The number of amides is 1. The minimum Gasteiger partial charge on any atom is -0.324 e. The van der Waals surface area contributed by atoms with E-state index in [2.05, 4.69) is 10.4 Å². The fraction of sp³-hybridized carbons (Fsp3) is 0.0909. The molecule has 7 heteroatoms. The number of aromatic nitrogens is 2. The van der Waals surface area contributed by atoms with E-state index in [1.165, 1.54) is 29.9 Å². The average Bonchev–Trinajstić information content (AvgIpc) is 2.77. The molecule has 0 radical (unpaired) electrons. The number of nitrogens with zero attached hydrogens (tertiary/aromatic N) is 3. The number of rotatable bonds is 3. The van der Waals surface area contributed by atoms with Crippen LogP contribution < -0.4 is 5.32 Å². The molecule has 1 aromatic carbocycles. The summed E-state index contributed by atoms with van der Waals surface area (Å²) >= 11 is 0. The molecular formula is C11H10N4O3. The van der Waals surface area contributed by atoms with Crippen molar-refractivity contribution in [3.8, 4) is 5.69 Å². The maximum atomic E-state index is 10.9. The smallest absolute Gasteiger partial charge is 0.271 e. The third-order valence-electron chi connectivity index (χ3n) is 2.21. The van der Waals surface area contributed by atoms with Crippen molar-refractivity contribution in [1.29, 1.82) is 0 Å². The van der Waals surface area contributed by atoms with Crippen LogP contribution in [0.5, 0.6) is 0 Å². The quantitative estimate of drug-likeness (QED) is 0.659. The van der Waals surface area contributed by atoms with Gasteiger partial charge in [0.25, 0.3) is 5.69 Å². The molecule has 0 saturated heterocycles. The number of nitro groups is 1. The number of carbonyl (C=O) groups excluding carboxylic acids is 1. The minimum absolute atomic E-state index is 0.0101. The molecule has 92 valence electrons. The van der Waals surface area contributed by atoms with Gasteiger partial charge >= 0.3 is 0 Å². The summed E-state index contributed by atoms with van der Waals surface area (Å²) in [6.45, 7) is 1.39. The first kappa shape index (κ1) is 11.8. The van der Waals surface area contributed by atoms with E-state index in [1.54, 1.807) is 18.3 Å². The Balaban J connectivity index is 2.31. The monoisotopic (exact) mass is 246 g/mol. The van der Waals surface area contributed by atoms with Crippen molar-refractivity contribution in [3.05, 3.63) is 46.8 Å². The molecule has 0 atom stereocenters. The molecule has 1 N–H and O–H groups in total. The summed E-state index contributed by atoms with van der Waals surface area (Å²) in [5, 5.41) is 17.2. The molecule has 0 fully saturated rings. The first-order valence-corrected chi connectivity index (χ1v) is 5.13. The third kappa shape index (κ3) is 2.51. The second kappa shape index (κ2) is 4.66. The third-order valence-corrected chi connectivity index (χ3v) is 2.21. The highest BCUT2D eigenvalue weighted by Crippen LogP contribution is 2.17. The van der Waals surface area contributed by atoms with Gasteiger partial charge in [-0.1, -0.05) is 6.07 Å². The summed E-state index contributed by atoms with van der Waals surface area (Å²) in [4.78, 5) is 21.0. The molecular weight excluding hydrogens is 236 g/mol. The molecule has 0 unspecified atom stereocenters. The summed E-state index contributed by atoms with van der Waals surface area (Å²) < 4.78 is 1.46. The van der Waals surface area contributed by atoms with Crippen molar-refractivity contribution in [2.75, 3.05) is 5.32 Å². The van der Waals surface area contributed by atoms with Crippen molar-refractivity contribution < 1.29 is 9.72 Å². The van der Waals surface area contributed by atoms with E-state index in [4.69, 9.17) is 0 Å². The van der Waals surface area contributed by atoms with Crippen LogP contribution in [0, 0.1) is 10.1 Å². The fourth-order valence-electron chi connectivity index (χ4n) is 1.48. The first-order valence-electron chi connectivity index (χ1n) is 5.13. The van der Waals surface area contributed by atoms with Gasteiger partial charge in [-0.05, 0) is 6.07 Å². The Kier molecular flexibility index (Phi) is 3.05. The largest absolute Gasteiger partial charge is 0.324 e. The van der Waals surface area contributed by atoms with E-state index in [1.807, 2.05) is 0 Å². The lowest BCUT2D eigenvalue weighted by atomic mass is 10.3. The molecule has 0 saturated carbocycles. The second-order valence-electron chi connectivity index (χ2n) is 3.63. The van der Waals surface area contributed by atoms with Crippen molar-refractivity contribution in [1.82, 2.24) is 9.78 Å². The van der Waals surface area contributed by atoms with Gasteiger partial charge in [-0.3, -0.25) is 14.9 Å². The van der Waals surface area contributed by atoms with Gasteiger partial charge in [0.1, 0.15) is 0 Å². The van der Waals surface area contributed by atoms with E-state index < -0.39 is 4.92 Å². The van der Waals surface area contributed by atoms with E-state index >= 15 is 0 Å². The van der Waals surface area contributed by atoms with Gasteiger partial charge < -0.3 is 5.32 Å². The number of nitro benzene ring substituents is 1. The number of non-ortho nitro benzene ring substituents is 1. The Hall–Kier alpha value is -2.70. The molecule has 0 aliphatic heterocycles. The summed E-state index contributed by atoms with van der Waals surface area (Å²) in [6, 6.07) is 6.08. The van der Waals surface area contributed by atoms with E-state index in [9.17, 15) is 14.9 Å². The van der Waals surface area contributed by atoms with E-state index in [0.29, 0.717) is 11.4 Å². The molecule has 1 amide bonds. The van der Waals surface area contributed by atoms with Gasteiger partial charge in [0.15, 0.2) is 0 Å². The molecule has 7 nitrogen and oxygen atoms in total. The molecule has 0 aliphatic rings. The van der Waals surface area contributed by atoms with E-state index in [0.717, 1.165) is 0 Å². The van der Waals surface area contributed by atoms with Crippen molar-refractivity contribution >= 4 is 17.3 Å². The van der Waals surface area contributed by atoms with Crippen LogP contribution in [0.4, 0.5) is 11.4 Å². The highest BCUT2D eigenvalue weighted by Gasteiger charge is 2.08. The van der Waals surface area contributed by atoms with Crippen LogP contribution in [0.25, 0.3) is 5.69 Å². The molecule has 0 aliphatic carbocycles. The lowest BCUT2D eigenvalue weighted by Gasteiger charge is -2.00. The van der Waals surface area contributed by atoms with Gasteiger partial charge in [-0.25, -0.2) is 4.68 Å². The number of hydrogen-bond acceptors (Lipinski definition) is 4. The fourth-order valence-corrected chi connectivity index (χ4v) is 1.48. The predicted molar refractivity (Wildman–Crippen MR) is 64.5 cm³/mol. The van der Waals surface area contributed by atoms with Crippen LogP contribution in [0.3, 0.4) is 0 Å². The molecule has 18 heavy (non-hydrogen) atoms.